The molecule has 0 aromatic carbocycles. The van der Waals surface area contributed by atoms with Crippen LogP contribution in [0.3, 0.4) is 0 Å². The lowest BCUT2D eigenvalue weighted by atomic mass is 10.1. The highest BCUT2D eigenvalue weighted by molar-refractivity contribution is 5.71. The zero-order chi connectivity index (χ0) is 50.7. The minimum absolute atomic E-state index is 0.0962. The van der Waals surface area contributed by atoms with E-state index < -0.39 is 6.10 Å². The molecule has 1 atom stereocenters. The number of allylic oxidation sites excluding steroid dienone is 14. The number of hydrogen-bond donors (Lipinski definition) is 0. The van der Waals surface area contributed by atoms with E-state index in [9.17, 15) is 14.4 Å². The largest absolute Gasteiger partial charge is 0.462 e. The van der Waals surface area contributed by atoms with Gasteiger partial charge in [0.25, 0.3) is 0 Å². The Hall–Kier alpha value is -3.41. The lowest BCUT2D eigenvalue weighted by Crippen LogP contribution is -2.30. The molecule has 0 rings (SSSR count). The Labute approximate surface area is 433 Å². The van der Waals surface area contributed by atoms with Gasteiger partial charge < -0.3 is 14.2 Å². The molecule has 0 aromatic heterocycles. The van der Waals surface area contributed by atoms with Crippen molar-refractivity contribution in [1.29, 1.82) is 0 Å². The van der Waals surface area contributed by atoms with E-state index in [4.69, 9.17) is 14.2 Å². The van der Waals surface area contributed by atoms with Crippen LogP contribution in [0.4, 0.5) is 0 Å². The monoisotopic (exact) mass is 975 g/mol. The van der Waals surface area contributed by atoms with Crippen LogP contribution >= 0.6 is 0 Å². The Kier molecular flexibility index (Phi) is 55.3. The van der Waals surface area contributed by atoms with E-state index in [1.165, 1.54) is 135 Å². The number of carbonyl (C=O) groups excluding carboxylic acids is 3. The normalized spacial score (nSPS) is 12.7. The summed E-state index contributed by atoms with van der Waals surface area (Å²) in [7, 11) is 0. The highest BCUT2D eigenvalue weighted by Gasteiger charge is 2.19. The molecule has 402 valence electrons. The van der Waals surface area contributed by atoms with Gasteiger partial charge in [-0.2, -0.15) is 0 Å². The maximum absolute atomic E-state index is 12.9. The van der Waals surface area contributed by atoms with Gasteiger partial charge in [-0.15, -0.1) is 0 Å². The summed E-state index contributed by atoms with van der Waals surface area (Å²) in [4.78, 5) is 38.2. The lowest BCUT2D eigenvalue weighted by Gasteiger charge is -2.18. The molecule has 0 saturated heterocycles. The first-order chi connectivity index (χ1) is 34.5. The van der Waals surface area contributed by atoms with E-state index in [0.29, 0.717) is 19.3 Å². The van der Waals surface area contributed by atoms with Crippen LogP contribution in [0.5, 0.6) is 0 Å². The van der Waals surface area contributed by atoms with E-state index in [1.54, 1.807) is 0 Å². The van der Waals surface area contributed by atoms with E-state index in [1.807, 2.05) is 0 Å². The van der Waals surface area contributed by atoms with Gasteiger partial charge in [0, 0.05) is 19.3 Å². The summed E-state index contributed by atoms with van der Waals surface area (Å²) in [6, 6.07) is 0. The third-order valence-corrected chi connectivity index (χ3v) is 12.6. The Morgan fingerprint density at radius 2 is 0.557 bits per heavy atom. The first-order valence-electron chi connectivity index (χ1n) is 29.6. The molecular formula is C64H110O6. The summed E-state index contributed by atoms with van der Waals surface area (Å²) in [5, 5.41) is 0. The average Bonchev–Trinajstić information content (AvgIpc) is 3.36. The van der Waals surface area contributed by atoms with Crippen LogP contribution < -0.4 is 0 Å². The third kappa shape index (κ3) is 55.5. The van der Waals surface area contributed by atoms with Crippen molar-refractivity contribution in [3.05, 3.63) is 85.1 Å². The van der Waals surface area contributed by atoms with Crippen molar-refractivity contribution in [2.75, 3.05) is 13.2 Å². The fourth-order valence-electron chi connectivity index (χ4n) is 8.16. The van der Waals surface area contributed by atoms with Crippen LogP contribution in [0.15, 0.2) is 85.1 Å². The Morgan fingerprint density at radius 1 is 0.300 bits per heavy atom. The van der Waals surface area contributed by atoms with Gasteiger partial charge in [0.05, 0.1) is 0 Å². The van der Waals surface area contributed by atoms with Crippen molar-refractivity contribution in [2.45, 2.75) is 290 Å². The Morgan fingerprint density at radius 3 is 0.929 bits per heavy atom. The minimum atomic E-state index is -0.803. The second kappa shape index (κ2) is 58.2. The van der Waals surface area contributed by atoms with Crippen LogP contribution in [0, 0.1) is 0 Å². The van der Waals surface area contributed by atoms with Gasteiger partial charge >= 0.3 is 17.9 Å². The predicted octanol–water partition coefficient (Wildman–Crippen LogP) is 19.9. The quantitative estimate of drug-likeness (QED) is 0.0261. The number of unbranched alkanes of at least 4 members (excludes halogenated alkanes) is 28. The summed E-state index contributed by atoms with van der Waals surface area (Å²) < 4.78 is 16.8. The van der Waals surface area contributed by atoms with Gasteiger partial charge in [0.1, 0.15) is 13.2 Å². The van der Waals surface area contributed by atoms with Gasteiger partial charge in [-0.1, -0.05) is 234 Å². The predicted molar refractivity (Wildman–Crippen MR) is 302 cm³/mol. The summed E-state index contributed by atoms with van der Waals surface area (Å²) >= 11 is 0. The SMILES string of the molecule is CC/C=C\C/C=C\C/C=C\C/C=C\CCCCC(=O)OCC(COC(=O)CCCCCCCCCCC/C=C\CCCCCCCCCC)OC(=O)CCCCCCC/C=C\C/C=C\CCCCCC. The molecule has 0 spiro atoms. The summed E-state index contributed by atoms with van der Waals surface area (Å²) in [5.74, 6) is -0.949. The van der Waals surface area contributed by atoms with Crippen LogP contribution in [0.25, 0.3) is 0 Å². The van der Waals surface area contributed by atoms with Crippen LogP contribution in [0.1, 0.15) is 284 Å². The fraction of sp³-hybridized carbons (Fsp3) is 0.734. The van der Waals surface area contributed by atoms with Crippen molar-refractivity contribution < 1.29 is 28.6 Å². The third-order valence-electron chi connectivity index (χ3n) is 12.6. The molecule has 1 unspecified atom stereocenters. The zero-order valence-corrected chi connectivity index (χ0v) is 46.0. The summed E-state index contributed by atoms with van der Waals surface area (Å²) in [6.45, 7) is 6.48. The van der Waals surface area contributed by atoms with Gasteiger partial charge in [0.15, 0.2) is 6.10 Å². The molecule has 0 aliphatic rings. The van der Waals surface area contributed by atoms with E-state index >= 15 is 0 Å². The highest BCUT2D eigenvalue weighted by Crippen LogP contribution is 2.15. The number of ether oxygens (including phenoxy) is 3. The first-order valence-corrected chi connectivity index (χ1v) is 29.6. The molecule has 6 nitrogen and oxygen atoms in total. The second-order valence-electron chi connectivity index (χ2n) is 19.5. The Bertz CT molecular complexity index is 1350. The molecule has 0 amide bonds. The molecule has 0 saturated carbocycles. The van der Waals surface area contributed by atoms with Crippen molar-refractivity contribution in [2.24, 2.45) is 0 Å². The molecule has 70 heavy (non-hydrogen) atoms. The highest BCUT2D eigenvalue weighted by atomic mass is 16.6. The van der Waals surface area contributed by atoms with Gasteiger partial charge in [-0.05, 0) is 116 Å². The molecule has 0 aliphatic carbocycles. The van der Waals surface area contributed by atoms with Gasteiger partial charge in [-0.3, -0.25) is 14.4 Å². The standard InChI is InChI=1S/C64H110O6/c1-4-7-10-13-16-19-22-25-28-30-31-32-33-34-37-39-42-45-48-51-54-57-63(66)69-60-61(59-68-62(65)56-53-50-47-44-41-38-35-27-24-21-18-15-12-9-6-3)70-64(67)58-55-52-49-46-43-40-36-29-26-23-20-17-14-11-8-5-2/h9,12,18,20-21,23,27,29-31,35-36,41,44,61H,4-8,10-11,13-17,19,22,24-26,28,32-34,37-40,42-43,45-60H2,1-3H3/b12-9-,21-18-,23-20-,31-30-,35-27-,36-29-,44-41-. The van der Waals surface area contributed by atoms with E-state index in [0.717, 1.165) is 109 Å². The maximum atomic E-state index is 12.9. The summed E-state index contributed by atoms with van der Waals surface area (Å²) in [6.07, 6.45) is 75.8. The molecule has 0 aromatic rings. The van der Waals surface area contributed by atoms with Crippen molar-refractivity contribution >= 4 is 17.9 Å². The zero-order valence-electron chi connectivity index (χ0n) is 46.0. The molecular weight excluding hydrogens is 865 g/mol. The molecule has 0 N–H and O–H groups in total. The molecule has 0 aliphatic heterocycles. The van der Waals surface area contributed by atoms with Crippen LogP contribution in [-0.2, 0) is 28.6 Å². The average molecular weight is 976 g/mol. The van der Waals surface area contributed by atoms with Gasteiger partial charge in [0.2, 0.25) is 0 Å². The molecule has 0 heterocycles. The van der Waals surface area contributed by atoms with E-state index in [2.05, 4.69) is 106 Å². The number of hydrogen-bond acceptors (Lipinski definition) is 6. The number of carbonyl (C=O) groups is 3. The van der Waals surface area contributed by atoms with Gasteiger partial charge in [-0.25, -0.2) is 0 Å². The first kappa shape index (κ1) is 66.6. The molecule has 6 heteroatoms. The maximum Gasteiger partial charge on any atom is 0.306 e. The Balaban J connectivity index is 4.42. The van der Waals surface area contributed by atoms with E-state index in [-0.39, 0.29) is 31.1 Å². The topological polar surface area (TPSA) is 78.9 Å². The lowest BCUT2D eigenvalue weighted by molar-refractivity contribution is -0.167. The summed E-state index contributed by atoms with van der Waals surface area (Å²) in [5.41, 5.74) is 0. The molecule has 0 bridgehead atoms. The van der Waals surface area contributed by atoms with Crippen molar-refractivity contribution in [3.8, 4) is 0 Å². The minimum Gasteiger partial charge on any atom is -0.462 e. The van der Waals surface area contributed by atoms with Crippen LogP contribution in [-0.4, -0.2) is 37.2 Å². The molecule has 0 fully saturated rings. The fourth-order valence-corrected chi connectivity index (χ4v) is 8.16. The smallest absolute Gasteiger partial charge is 0.306 e. The number of rotatable bonds is 53. The molecule has 0 radical (unpaired) electrons. The van der Waals surface area contributed by atoms with Crippen molar-refractivity contribution in [3.63, 3.8) is 0 Å². The second-order valence-corrected chi connectivity index (χ2v) is 19.5. The van der Waals surface area contributed by atoms with Crippen molar-refractivity contribution in [1.82, 2.24) is 0 Å². The van der Waals surface area contributed by atoms with Crippen LogP contribution in [0.2, 0.25) is 0 Å². The number of esters is 3.